The third-order valence-electron chi connectivity index (χ3n) is 2.66. The minimum atomic E-state index is -0.217. The van der Waals surface area contributed by atoms with Gasteiger partial charge in [-0.2, -0.15) is 10.5 Å². The van der Waals surface area contributed by atoms with Crippen molar-refractivity contribution in [2.45, 2.75) is 25.9 Å². The molecule has 1 heterocycles. The molecule has 1 aromatic carbocycles. The molecule has 1 aliphatic heterocycles. The molecule has 0 aliphatic carbocycles. The summed E-state index contributed by atoms with van der Waals surface area (Å²) in [5, 5.41) is 17.5. The summed E-state index contributed by atoms with van der Waals surface area (Å²) in [7, 11) is 0. The molecule has 2 rings (SSSR count). The fraction of sp³-hybridized carbons (Fsp3) is 0.286. The monoisotopic (exact) mass is 224 g/mol. The zero-order valence-electron chi connectivity index (χ0n) is 9.82. The Hall–Kier alpha value is -2.26. The lowest BCUT2D eigenvalue weighted by Crippen LogP contribution is -2.24. The fourth-order valence-electron chi connectivity index (χ4n) is 2.00. The minimum absolute atomic E-state index is 0.0895. The molecule has 17 heavy (non-hydrogen) atoms. The van der Waals surface area contributed by atoms with Crippen LogP contribution in [0.1, 0.15) is 25.0 Å². The molecule has 1 aromatic rings. The summed E-state index contributed by atoms with van der Waals surface area (Å²) in [5.74, 6) is 0.792. The van der Waals surface area contributed by atoms with E-state index < -0.39 is 0 Å². The minimum Gasteiger partial charge on any atom is -0.487 e. The summed E-state index contributed by atoms with van der Waals surface area (Å²) in [5.41, 5.74) is 1.79. The first-order valence-electron chi connectivity index (χ1n) is 5.38. The highest BCUT2D eigenvalue weighted by Crippen LogP contribution is 2.38. The maximum atomic E-state index is 8.76. The Morgan fingerprint density at radius 3 is 2.71 bits per heavy atom. The van der Waals surface area contributed by atoms with Crippen molar-refractivity contribution in [2.75, 3.05) is 0 Å². The Morgan fingerprint density at radius 1 is 1.35 bits per heavy atom. The Morgan fingerprint density at radius 2 is 2.06 bits per heavy atom. The van der Waals surface area contributed by atoms with Crippen molar-refractivity contribution in [3.05, 3.63) is 34.9 Å². The van der Waals surface area contributed by atoms with Gasteiger partial charge in [0.05, 0.1) is 0 Å². The van der Waals surface area contributed by atoms with Crippen molar-refractivity contribution < 1.29 is 4.74 Å². The number of rotatable bonds is 1. The lowest BCUT2D eigenvalue weighted by Gasteiger charge is -2.17. The molecular weight excluding hydrogens is 212 g/mol. The van der Waals surface area contributed by atoms with Crippen molar-refractivity contribution in [3.8, 4) is 17.9 Å². The lowest BCUT2D eigenvalue weighted by atomic mass is 10.00. The maximum Gasteiger partial charge on any atom is 0.130 e. The predicted molar refractivity (Wildman–Crippen MR) is 64.1 cm³/mol. The SMILES string of the molecule is CC1(C)Cc2cccc(C=C(C#N)C#N)c2O1. The van der Waals surface area contributed by atoms with Crippen LogP contribution in [0, 0.1) is 22.7 Å². The molecule has 0 atom stereocenters. The van der Waals surface area contributed by atoms with Crippen molar-refractivity contribution in [3.63, 3.8) is 0 Å². The number of ether oxygens (including phenoxy) is 1. The van der Waals surface area contributed by atoms with E-state index >= 15 is 0 Å². The number of hydrogen-bond donors (Lipinski definition) is 0. The van der Waals surface area contributed by atoms with Gasteiger partial charge in [-0.15, -0.1) is 0 Å². The summed E-state index contributed by atoms with van der Waals surface area (Å²) in [4.78, 5) is 0. The van der Waals surface area contributed by atoms with Crippen LogP contribution in [-0.2, 0) is 6.42 Å². The summed E-state index contributed by atoms with van der Waals surface area (Å²) in [6.45, 7) is 4.05. The molecule has 0 aromatic heterocycles. The van der Waals surface area contributed by atoms with Crippen LogP contribution in [-0.4, -0.2) is 5.60 Å². The fourth-order valence-corrected chi connectivity index (χ4v) is 2.00. The van der Waals surface area contributed by atoms with Crippen molar-refractivity contribution in [1.29, 1.82) is 10.5 Å². The number of benzene rings is 1. The summed E-state index contributed by atoms with van der Waals surface area (Å²) in [6.07, 6.45) is 2.42. The number of fused-ring (bicyclic) bond motifs is 1. The number of para-hydroxylation sites is 1. The van der Waals surface area contributed by atoms with Gasteiger partial charge in [-0.3, -0.25) is 0 Å². The second-order valence-electron chi connectivity index (χ2n) is 4.66. The van der Waals surface area contributed by atoms with Gasteiger partial charge in [-0.25, -0.2) is 0 Å². The molecule has 0 N–H and O–H groups in total. The topological polar surface area (TPSA) is 56.8 Å². The Bertz CT molecular complexity index is 555. The van der Waals surface area contributed by atoms with Crippen molar-refractivity contribution in [2.24, 2.45) is 0 Å². The molecule has 3 nitrogen and oxygen atoms in total. The zero-order valence-corrected chi connectivity index (χ0v) is 9.82. The number of nitrogens with zero attached hydrogens (tertiary/aromatic N) is 2. The van der Waals surface area contributed by atoms with Gasteiger partial charge >= 0.3 is 0 Å². The van der Waals surface area contributed by atoms with Gasteiger partial charge in [-0.1, -0.05) is 18.2 Å². The molecule has 0 radical (unpaired) electrons. The van der Waals surface area contributed by atoms with Crippen LogP contribution in [0.4, 0.5) is 0 Å². The van der Waals surface area contributed by atoms with E-state index in [9.17, 15) is 0 Å². The van der Waals surface area contributed by atoms with Crippen molar-refractivity contribution >= 4 is 6.08 Å². The summed E-state index contributed by atoms with van der Waals surface area (Å²) >= 11 is 0. The third kappa shape index (κ3) is 2.14. The van der Waals surface area contributed by atoms with E-state index in [-0.39, 0.29) is 11.2 Å². The smallest absolute Gasteiger partial charge is 0.130 e. The summed E-state index contributed by atoms with van der Waals surface area (Å²) < 4.78 is 5.85. The van der Waals surface area contributed by atoms with E-state index in [2.05, 4.69) is 0 Å². The molecule has 0 saturated carbocycles. The van der Waals surface area contributed by atoms with Gasteiger partial charge in [0, 0.05) is 12.0 Å². The van der Waals surface area contributed by atoms with Crippen LogP contribution in [0.2, 0.25) is 0 Å². The van der Waals surface area contributed by atoms with E-state index in [1.807, 2.05) is 44.2 Å². The first kappa shape index (κ1) is 11.2. The second kappa shape index (κ2) is 3.96. The van der Waals surface area contributed by atoms with E-state index in [1.54, 1.807) is 6.08 Å². The van der Waals surface area contributed by atoms with Crippen LogP contribution >= 0.6 is 0 Å². The quantitative estimate of drug-likeness (QED) is 0.689. The highest BCUT2D eigenvalue weighted by Gasteiger charge is 2.31. The predicted octanol–water partition coefficient (Wildman–Crippen LogP) is 2.83. The molecule has 0 fully saturated rings. The molecule has 3 heteroatoms. The van der Waals surface area contributed by atoms with Gasteiger partial charge in [0.1, 0.15) is 29.1 Å². The Kier molecular flexibility index (Phi) is 2.61. The number of hydrogen-bond acceptors (Lipinski definition) is 3. The van der Waals surface area contributed by atoms with E-state index in [1.165, 1.54) is 0 Å². The molecule has 0 saturated heterocycles. The Balaban J connectivity index is 2.49. The Labute approximate surface area is 101 Å². The zero-order chi connectivity index (χ0) is 12.5. The first-order valence-corrected chi connectivity index (χ1v) is 5.38. The average molecular weight is 224 g/mol. The molecule has 0 bridgehead atoms. The first-order chi connectivity index (χ1) is 8.05. The second-order valence-corrected chi connectivity index (χ2v) is 4.66. The van der Waals surface area contributed by atoms with Crippen LogP contribution in [0.5, 0.6) is 5.75 Å². The van der Waals surface area contributed by atoms with Crippen molar-refractivity contribution in [1.82, 2.24) is 0 Å². The number of nitriles is 2. The average Bonchev–Trinajstić information content (AvgIpc) is 2.60. The number of allylic oxidation sites excluding steroid dienone is 1. The molecule has 84 valence electrons. The molecular formula is C14H12N2O. The molecule has 0 unspecified atom stereocenters. The summed E-state index contributed by atoms with van der Waals surface area (Å²) in [6, 6.07) is 9.50. The van der Waals surface area contributed by atoms with E-state index in [0.29, 0.717) is 0 Å². The van der Waals surface area contributed by atoms with Gasteiger partial charge in [-0.05, 0) is 25.5 Å². The molecule has 0 spiro atoms. The molecule has 0 amide bonds. The van der Waals surface area contributed by atoms with Crippen LogP contribution in [0.15, 0.2) is 23.8 Å². The van der Waals surface area contributed by atoms with Gasteiger partial charge < -0.3 is 4.74 Å². The third-order valence-corrected chi connectivity index (χ3v) is 2.66. The maximum absolute atomic E-state index is 8.76. The largest absolute Gasteiger partial charge is 0.487 e. The highest BCUT2D eigenvalue weighted by molar-refractivity contribution is 5.68. The normalized spacial score (nSPS) is 15.1. The van der Waals surface area contributed by atoms with E-state index in [0.717, 1.165) is 23.3 Å². The van der Waals surface area contributed by atoms with Crippen LogP contribution < -0.4 is 4.74 Å². The van der Waals surface area contributed by atoms with E-state index in [4.69, 9.17) is 15.3 Å². The van der Waals surface area contributed by atoms with Gasteiger partial charge in [0.25, 0.3) is 0 Å². The molecule has 1 aliphatic rings. The highest BCUT2D eigenvalue weighted by atomic mass is 16.5. The van der Waals surface area contributed by atoms with Gasteiger partial charge in [0.15, 0.2) is 0 Å². The van der Waals surface area contributed by atoms with Gasteiger partial charge in [0.2, 0.25) is 0 Å². The van der Waals surface area contributed by atoms with Crippen LogP contribution in [0.25, 0.3) is 6.08 Å². The van der Waals surface area contributed by atoms with Crippen LogP contribution in [0.3, 0.4) is 0 Å². The standard InChI is InChI=1S/C14H12N2O/c1-14(2)7-12-5-3-4-11(13(12)17-14)6-10(8-15)9-16/h3-6H,7H2,1-2H3. The lowest BCUT2D eigenvalue weighted by molar-refractivity contribution is 0.138.